The van der Waals surface area contributed by atoms with E-state index in [-0.39, 0.29) is 12.7 Å². The Morgan fingerprint density at radius 3 is 1.96 bits per heavy atom. The summed E-state index contributed by atoms with van der Waals surface area (Å²) in [6, 6.07) is 7.01. The van der Waals surface area contributed by atoms with E-state index in [2.05, 4.69) is 0 Å². The van der Waals surface area contributed by atoms with Crippen LogP contribution >= 0.6 is 0 Å². The third kappa shape index (κ3) is 4.50. The molecule has 0 saturated carbocycles. The van der Waals surface area contributed by atoms with Crippen LogP contribution in [0, 0.1) is 0 Å². The minimum atomic E-state index is -4.93. The van der Waals surface area contributed by atoms with Crippen molar-refractivity contribution < 1.29 is 35.9 Å². The predicted molar refractivity (Wildman–Crippen MR) is 72.6 cm³/mol. The van der Waals surface area contributed by atoms with Crippen molar-refractivity contribution in [2.45, 2.75) is 19.0 Å². The lowest BCUT2D eigenvalue weighted by atomic mass is 10.1. The molecule has 2 nitrogen and oxygen atoms in total. The number of alkyl halides is 6. The maximum Gasteiger partial charge on any atom is 0.416 e. The molecule has 0 atom stereocenters. The van der Waals surface area contributed by atoms with Gasteiger partial charge in [-0.1, -0.05) is 18.2 Å². The number of hydrogen-bond donors (Lipinski definition) is 0. The van der Waals surface area contributed by atoms with E-state index in [1.807, 2.05) is 0 Å². The van der Waals surface area contributed by atoms with Gasteiger partial charge >= 0.3 is 12.4 Å². The Balaban J connectivity index is 2.30. The van der Waals surface area contributed by atoms with Crippen LogP contribution in [-0.4, -0.2) is 6.29 Å². The fourth-order valence-corrected chi connectivity index (χ4v) is 1.93. The molecule has 0 aromatic heterocycles. The third-order valence-corrected chi connectivity index (χ3v) is 3.05. The summed E-state index contributed by atoms with van der Waals surface area (Å²) in [5.74, 6) is -0.561. The Kier molecular flexibility index (Phi) is 4.86. The van der Waals surface area contributed by atoms with Crippen molar-refractivity contribution in [3.63, 3.8) is 0 Å². The van der Waals surface area contributed by atoms with Crippen LogP contribution in [0.4, 0.5) is 26.3 Å². The van der Waals surface area contributed by atoms with E-state index >= 15 is 0 Å². The van der Waals surface area contributed by atoms with Crippen LogP contribution in [0.3, 0.4) is 0 Å². The van der Waals surface area contributed by atoms with Crippen LogP contribution < -0.4 is 4.74 Å². The average Bonchev–Trinajstić information content (AvgIpc) is 2.51. The van der Waals surface area contributed by atoms with Gasteiger partial charge in [-0.05, 0) is 29.8 Å². The topological polar surface area (TPSA) is 26.3 Å². The van der Waals surface area contributed by atoms with Crippen LogP contribution in [0.15, 0.2) is 42.5 Å². The van der Waals surface area contributed by atoms with Crippen molar-refractivity contribution in [2.75, 3.05) is 0 Å². The maximum absolute atomic E-state index is 12.7. The second-order valence-electron chi connectivity index (χ2n) is 4.89. The minimum Gasteiger partial charge on any atom is -0.489 e. The molecule has 0 fully saturated rings. The predicted octanol–water partition coefficient (Wildman–Crippen LogP) is 5.12. The van der Waals surface area contributed by atoms with Crippen molar-refractivity contribution in [2.24, 2.45) is 0 Å². The van der Waals surface area contributed by atoms with Gasteiger partial charge in [0.25, 0.3) is 0 Å². The highest BCUT2D eigenvalue weighted by molar-refractivity contribution is 5.74. The van der Waals surface area contributed by atoms with E-state index in [4.69, 9.17) is 4.74 Å². The molecule has 0 aliphatic heterocycles. The number of aldehydes is 1. The monoisotopic (exact) mass is 348 g/mol. The molecule has 2 aromatic rings. The molecule has 0 aliphatic carbocycles. The highest BCUT2D eigenvalue weighted by Crippen LogP contribution is 2.38. The van der Waals surface area contributed by atoms with Crippen LogP contribution in [-0.2, 0) is 19.0 Å². The first-order valence-electron chi connectivity index (χ1n) is 6.56. The molecule has 0 unspecified atom stereocenters. The number of benzene rings is 2. The number of halogens is 6. The van der Waals surface area contributed by atoms with Gasteiger partial charge in [-0.15, -0.1) is 0 Å². The molecule has 0 heterocycles. The van der Waals surface area contributed by atoms with Gasteiger partial charge in [0.15, 0.2) is 0 Å². The first kappa shape index (κ1) is 17.8. The number of rotatable bonds is 4. The van der Waals surface area contributed by atoms with Gasteiger partial charge in [0.1, 0.15) is 18.6 Å². The van der Waals surface area contributed by atoms with Crippen LogP contribution in [0.1, 0.15) is 27.0 Å². The van der Waals surface area contributed by atoms with Crippen molar-refractivity contribution in [1.82, 2.24) is 0 Å². The zero-order chi connectivity index (χ0) is 18.0. The van der Waals surface area contributed by atoms with Gasteiger partial charge in [-0.25, -0.2) is 0 Å². The zero-order valence-corrected chi connectivity index (χ0v) is 11.9. The quantitative estimate of drug-likeness (QED) is 0.567. The maximum atomic E-state index is 12.7. The molecule has 2 aromatic carbocycles. The fraction of sp³-hybridized carbons (Fsp3) is 0.188. The summed E-state index contributed by atoms with van der Waals surface area (Å²) in [5.41, 5.74) is -2.15. The number of carbonyl (C=O) groups excluding carboxylic acids is 1. The summed E-state index contributed by atoms with van der Waals surface area (Å²) in [5, 5.41) is 0. The summed E-state index contributed by atoms with van der Waals surface area (Å²) in [6.07, 6.45) is -9.30. The van der Waals surface area contributed by atoms with E-state index in [1.165, 1.54) is 24.3 Å². The SMILES string of the molecule is O=Cc1cccc(COc2cc(C(F)(F)F)cc(C(F)(F)F)c2)c1. The Labute approximate surface area is 132 Å². The van der Waals surface area contributed by atoms with Crippen molar-refractivity contribution in [3.8, 4) is 5.75 Å². The molecule has 0 amide bonds. The molecule has 0 spiro atoms. The molecular formula is C16H10F6O2. The standard InChI is InChI=1S/C16H10F6O2/c17-15(18,19)12-5-13(16(20,21)22)7-14(6-12)24-9-11-3-1-2-10(4-11)8-23/h1-8H,9H2. The fourth-order valence-electron chi connectivity index (χ4n) is 1.93. The molecule has 128 valence electrons. The number of hydrogen-bond acceptors (Lipinski definition) is 2. The first-order chi connectivity index (χ1) is 11.1. The number of ether oxygens (including phenoxy) is 1. The summed E-state index contributed by atoms with van der Waals surface area (Å²) in [4.78, 5) is 10.7. The van der Waals surface area contributed by atoms with Crippen molar-refractivity contribution in [1.29, 1.82) is 0 Å². The molecule has 0 aliphatic rings. The molecule has 2 rings (SSSR count). The molecule has 24 heavy (non-hydrogen) atoms. The molecule has 0 saturated heterocycles. The van der Waals surface area contributed by atoms with E-state index < -0.39 is 29.2 Å². The molecule has 0 N–H and O–H groups in total. The average molecular weight is 348 g/mol. The van der Waals surface area contributed by atoms with Crippen molar-refractivity contribution >= 4 is 6.29 Å². The summed E-state index contributed by atoms with van der Waals surface area (Å²) < 4.78 is 81.5. The number of carbonyl (C=O) groups is 1. The van der Waals surface area contributed by atoms with E-state index in [9.17, 15) is 31.1 Å². The van der Waals surface area contributed by atoms with Gasteiger partial charge in [-0.2, -0.15) is 26.3 Å². The molecule has 0 bridgehead atoms. The smallest absolute Gasteiger partial charge is 0.416 e. The second kappa shape index (κ2) is 6.54. The van der Waals surface area contributed by atoms with Gasteiger partial charge in [0.05, 0.1) is 11.1 Å². The summed E-state index contributed by atoms with van der Waals surface area (Å²) in [6.45, 7) is -0.277. The van der Waals surface area contributed by atoms with Crippen molar-refractivity contribution in [3.05, 3.63) is 64.7 Å². The Morgan fingerprint density at radius 1 is 0.875 bits per heavy atom. The Morgan fingerprint density at radius 2 is 1.46 bits per heavy atom. The molecular weight excluding hydrogens is 338 g/mol. The van der Waals surface area contributed by atoms with Crippen LogP contribution in [0.5, 0.6) is 5.75 Å². The Bertz CT molecular complexity index is 702. The van der Waals surface area contributed by atoms with E-state index in [0.29, 0.717) is 29.5 Å². The lowest BCUT2D eigenvalue weighted by Crippen LogP contribution is -2.11. The van der Waals surface area contributed by atoms with E-state index in [0.717, 1.165) is 0 Å². The van der Waals surface area contributed by atoms with Gasteiger partial charge in [0.2, 0.25) is 0 Å². The minimum absolute atomic E-state index is 0.0277. The third-order valence-electron chi connectivity index (χ3n) is 3.05. The van der Waals surface area contributed by atoms with Gasteiger partial charge in [-0.3, -0.25) is 4.79 Å². The lowest BCUT2D eigenvalue weighted by Gasteiger charge is -2.15. The highest BCUT2D eigenvalue weighted by atomic mass is 19.4. The van der Waals surface area contributed by atoms with Gasteiger partial charge < -0.3 is 4.74 Å². The summed E-state index contributed by atoms with van der Waals surface area (Å²) >= 11 is 0. The first-order valence-corrected chi connectivity index (χ1v) is 6.56. The zero-order valence-electron chi connectivity index (χ0n) is 11.9. The van der Waals surface area contributed by atoms with Gasteiger partial charge in [0, 0.05) is 5.56 Å². The molecule has 8 heteroatoms. The summed E-state index contributed by atoms with van der Waals surface area (Å²) in [7, 11) is 0. The lowest BCUT2D eigenvalue weighted by molar-refractivity contribution is -0.143. The Hall–Kier alpha value is -2.51. The molecule has 0 radical (unpaired) electrons. The van der Waals surface area contributed by atoms with E-state index in [1.54, 1.807) is 0 Å². The largest absolute Gasteiger partial charge is 0.489 e. The van der Waals surface area contributed by atoms with Crippen LogP contribution in [0.2, 0.25) is 0 Å². The van der Waals surface area contributed by atoms with Crippen LogP contribution in [0.25, 0.3) is 0 Å². The normalized spacial score (nSPS) is 12.1. The second-order valence-corrected chi connectivity index (χ2v) is 4.89. The highest BCUT2D eigenvalue weighted by Gasteiger charge is 2.37.